The average Bonchev–Trinajstić information content (AvgIpc) is 2.44. The predicted molar refractivity (Wildman–Crippen MR) is 107 cm³/mol. The van der Waals surface area contributed by atoms with Crippen LogP contribution in [0.5, 0.6) is 0 Å². The third-order valence-corrected chi connectivity index (χ3v) is 6.35. The molecular weight excluding hydrogens is 285 g/mol. The molecule has 0 aliphatic rings. The van der Waals surface area contributed by atoms with Crippen LogP contribution in [0.1, 0.15) is 105 Å². The quantitative estimate of drug-likeness (QED) is 0.181. The second-order valence-corrected chi connectivity index (χ2v) is 9.87. The van der Waals surface area contributed by atoms with E-state index >= 15 is 0 Å². The molecule has 0 aliphatic heterocycles. The Bertz CT molecular complexity index is 281. The van der Waals surface area contributed by atoms with E-state index in [1.54, 1.807) is 0 Å². The van der Waals surface area contributed by atoms with Crippen molar-refractivity contribution < 1.29 is 0 Å². The zero-order valence-corrected chi connectivity index (χ0v) is 17.3. The summed E-state index contributed by atoms with van der Waals surface area (Å²) in [6.45, 7) is 13.7. The molecule has 0 fully saturated rings. The van der Waals surface area contributed by atoms with Gasteiger partial charge in [0, 0.05) is 0 Å². The van der Waals surface area contributed by atoms with E-state index in [1.165, 1.54) is 70.6 Å². The molecule has 0 aliphatic carbocycles. The van der Waals surface area contributed by atoms with Crippen LogP contribution in [0.3, 0.4) is 0 Å². The third-order valence-electron chi connectivity index (χ3n) is 4.75. The van der Waals surface area contributed by atoms with Gasteiger partial charge in [0.25, 0.3) is 0 Å². The van der Waals surface area contributed by atoms with Crippen molar-refractivity contribution in [1.29, 1.82) is 0 Å². The smallest absolute Gasteiger partial charge is 0.0548 e. The minimum absolute atomic E-state index is 0.154. The standard InChI is InChI=1S/C20H42NP/c1-7-21-19(2,3)17-15-13-11-9-8-10-12-14-16-18-20(4,5)22-6/h7,22H,8-18H2,1-6H3/b21-7-. The molecule has 0 aromatic rings. The van der Waals surface area contributed by atoms with Crippen molar-refractivity contribution in [3.63, 3.8) is 0 Å². The van der Waals surface area contributed by atoms with Crippen molar-refractivity contribution in [2.75, 3.05) is 6.66 Å². The van der Waals surface area contributed by atoms with Crippen LogP contribution in [-0.2, 0) is 0 Å². The Balaban J connectivity index is 3.31. The lowest BCUT2D eigenvalue weighted by Crippen LogP contribution is -2.16. The summed E-state index contributed by atoms with van der Waals surface area (Å²) in [5.41, 5.74) is 0.154. The second kappa shape index (κ2) is 12.5. The van der Waals surface area contributed by atoms with Gasteiger partial charge in [-0.1, -0.05) is 71.6 Å². The van der Waals surface area contributed by atoms with E-state index in [-0.39, 0.29) is 5.54 Å². The maximum atomic E-state index is 4.53. The number of nitrogens with zero attached hydrogens (tertiary/aromatic N) is 1. The highest BCUT2D eigenvalue weighted by molar-refractivity contribution is 7.38. The van der Waals surface area contributed by atoms with Gasteiger partial charge in [0.1, 0.15) is 0 Å². The molecule has 0 radical (unpaired) electrons. The maximum Gasteiger partial charge on any atom is 0.0548 e. The largest absolute Gasteiger partial charge is 0.292 e. The monoisotopic (exact) mass is 327 g/mol. The lowest BCUT2D eigenvalue weighted by Gasteiger charge is -2.22. The van der Waals surface area contributed by atoms with Crippen LogP contribution in [0.15, 0.2) is 4.99 Å². The van der Waals surface area contributed by atoms with Crippen molar-refractivity contribution in [2.45, 2.75) is 116 Å². The van der Waals surface area contributed by atoms with Gasteiger partial charge in [0.15, 0.2) is 0 Å². The van der Waals surface area contributed by atoms with Crippen molar-refractivity contribution in [3.05, 3.63) is 0 Å². The number of hydrogen-bond acceptors (Lipinski definition) is 1. The summed E-state index contributed by atoms with van der Waals surface area (Å²) in [7, 11) is 1.08. The molecule has 0 saturated heterocycles. The molecule has 0 heterocycles. The van der Waals surface area contributed by atoms with E-state index < -0.39 is 0 Å². The van der Waals surface area contributed by atoms with E-state index in [0.29, 0.717) is 5.16 Å². The molecule has 1 unspecified atom stereocenters. The van der Waals surface area contributed by atoms with Crippen molar-refractivity contribution in [3.8, 4) is 0 Å². The van der Waals surface area contributed by atoms with Gasteiger partial charge in [-0.3, -0.25) is 4.99 Å². The van der Waals surface area contributed by atoms with Gasteiger partial charge in [-0.05, 0) is 51.6 Å². The van der Waals surface area contributed by atoms with Crippen LogP contribution in [0.4, 0.5) is 0 Å². The Hall–Kier alpha value is 0.100. The first kappa shape index (κ1) is 22.1. The summed E-state index contributed by atoms with van der Waals surface area (Å²) in [6.07, 6.45) is 17.3. The Morgan fingerprint density at radius 3 is 1.55 bits per heavy atom. The number of hydrogen-bond donors (Lipinski definition) is 0. The van der Waals surface area contributed by atoms with Crippen LogP contribution in [0, 0.1) is 0 Å². The molecule has 0 amide bonds. The first-order chi connectivity index (χ1) is 10.3. The van der Waals surface area contributed by atoms with Gasteiger partial charge in [-0.2, -0.15) is 0 Å². The van der Waals surface area contributed by atoms with Crippen LogP contribution < -0.4 is 0 Å². The Morgan fingerprint density at radius 2 is 1.14 bits per heavy atom. The molecule has 0 saturated carbocycles. The molecule has 22 heavy (non-hydrogen) atoms. The van der Waals surface area contributed by atoms with E-state index in [1.807, 2.05) is 13.1 Å². The molecule has 1 nitrogen and oxygen atoms in total. The van der Waals surface area contributed by atoms with E-state index in [4.69, 9.17) is 0 Å². The summed E-state index contributed by atoms with van der Waals surface area (Å²) in [5, 5.41) is 0.593. The van der Waals surface area contributed by atoms with Crippen molar-refractivity contribution >= 4 is 14.8 Å². The minimum Gasteiger partial charge on any atom is -0.292 e. The SMILES string of the molecule is C/C=N\C(C)(C)CCCCCCCCCCCC(C)(C)PC. The van der Waals surface area contributed by atoms with Crippen LogP contribution in [-0.4, -0.2) is 23.6 Å². The highest BCUT2D eigenvalue weighted by Crippen LogP contribution is 2.32. The number of aliphatic imine (C=N–C) groups is 1. The Morgan fingerprint density at radius 1 is 0.727 bits per heavy atom. The van der Waals surface area contributed by atoms with Crippen molar-refractivity contribution in [1.82, 2.24) is 0 Å². The fourth-order valence-electron chi connectivity index (χ4n) is 2.90. The molecule has 0 spiro atoms. The average molecular weight is 328 g/mol. The number of rotatable bonds is 14. The van der Waals surface area contributed by atoms with Crippen LogP contribution >= 0.6 is 8.58 Å². The lowest BCUT2D eigenvalue weighted by molar-refractivity contribution is 0.443. The normalized spacial score (nSPS) is 13.7. The molecule has 0 aromatic carbocycles. The molecule has 1 atom stereocenters. The molecule has 0 bridgehead atoms. The van der Waals surface area contributed by atoms with Gasteiger partial charge in [-0.25, -0.2) is 0 Å². The first-order valence-corrected chi connectivity index (χ1v) is 11.0. The van der Waals surface area contributed by atoms with Crippen molar-refractivity contribution in [2.24, 2.45) is 4.99 Å². The molecule has 0 aromatic heterocycles. The maximum absolute atomic E-state index is 4.53. The van der Waals surface area contributed by atoms with E-state index in [9.17, 15) is 0 Å². The fourth-order valence-corrected chi connectivity index (χ4v) is 3.33. The summed E-state index contributed by atoms with van der Waals surface area (Å²) in [5.74, 6) is 0. The third kappa shape index (κ3) is 13.7. The zero-order valence-electron chi connectivity index (χ0n) is 16.3. The molecule has 132 valence electrons. The summed E-state index contributed by atoms with van der Waals surface area (Å²) in [6, 6.07) is 0. The minimum atomic E-state index is 0.154. The van der Waals surface area contributed by atoms with Crippen LogP contribution in [0.25, 0.3) is 0 Å². The second-order valence-electron chi connectivity index (χ2n) is 8.02. The summed E-state index contributed by atoms with van der Waals surface area (Å²) < 4.78 is 0. The van der Waals surface area contributed by atoms with Crippen LogP contribution in [0.2, 0.25) is 0 Å². The molecule has 2 heteroatoms. The zero-order chi connectivity index (χ0) is 16.9. The van der Waals surface area contributed by atoms with Gasteiger partial charge in [-0.15, -0.1) is 8.58 Å². The van der Waals surface area contributed by atoms with Gasteiger partial charge in [0.2, 0.25) is 0 Å². The predicted octanol–water partition coefficient (Wildman–Crippen LogP) is 7.23. The summed E-state index contributed by atoms with van der Waals surface area (Å²) >= 11 is 0. The van der Waals surface area contributed by atoms with Gasteiger partial charge >= 0.3 is 0 Å². The van der Waals surface area contributed by atoms with E-state index in [2.05, 4.69) is 39.4 Å². The Labute approximate surface area is 142 Å². The highest BCUT2D eigenvalue weighted by atomic mass is 31.1. The molecule has 0 rings (SSSR count). The topological polar surface area (TPSA) is 12.4 Å². The molecule has 0 N–H and O–H groups in total. The fraction of sp³-hybridized carbons (Fsp3) is 0.950. The first-order valence-electron chi connectivity index (χ1n) is 9.52. The van der Waals surface area contributed by atoms with Gasteiger partial charge < -0.3 is 0 Å². The number of unbranched alkanes of at least 4 members (excludes halogenated alkanes) is 8. The summed E-state index contributed by atoms with van der Waals surface area (Å²) in [4.78, 5) is 4.53. The Kier molecular flexibility index (Phi) is 12.6. The molecular formula is C20H42NP. The lowest BCUT2D eigenvalue weighted by atomic mass is 9.96. The highest BCUT2D eigenvalue weighted by Gasteiger charge is 2.14. The van der Waals surface area contributed by atoms with E-state index in [0.717, 1.165) is 8.58 Å². The van der Waals surface area contributed by atoms with Gasteiger partial charge in [0.05, 0.1) is 5.54 Å².